The first-order chi connectivity index (χ1) is 10.1. The number of rotatable bonds is 3. The maximum Gasteiger partial charge on any atom is 0.313 e. The van der Waals surface area contributed by atoms with Crippen LogP contribution in [-0.2, 0) is 9.59 Å². The topological polar surface area (TPSA) is 89.9 Å². The van der Waals surface area contributed by atoms with Crippen molar-refractivity contribution in [3.05, 3.63) is 24.3 Å². The second kappa shape index (κ2) is 7.08. The average Bonchev–Trinajstić information content (AvgIpc) is 2.47. The van der Waals surface area contributed by atoms with Crippen LogP contribution in [0.2, 0.25) is 0 Å². The normalized spacial score (nSPS) is 18.3. The van der Waals surface area contributed by atoms with E-state index in [1.165, 1.54) is 17.0 Å². The van der Waals surface area contributed by atoms with Crippen LogP contribution in [0.25, 0.3) is 0 Å². The standard InChI is InChI=1S/C15H20N2O4/c18-9-7-12-5-1-2-8-17(12)15(21)14(20)16-11-4-3-6-13(19)10-11/h3-4,6,10,12,18-19H,1-2,5,7-9H2,(H,16,20). The lowest BCUT2D eigenvalue weighted by Crippen LogP contribution is -2.48. The molecule has 3 N–H and O–H groups in total. The van der Waals surface area contributed by atoms with Crippen LogP contribution in [0.3, 0.4) is 0 Å². The number of aromatic hydroxyl groups is 1. The lowest BCUT2D eigenvalue weighted by Gasteiger charge is -2.35. The molecule has 114 valence electrons. The van der Waals surface area contributed by atoms with Gasteiger partial charge in [-0.1, -0.05) is 6.07 Å². The number of likely N-dealkylation sites (tertiary alicyclic amines) is 1. The predicted molar refractivity (Wildman–Crippen MR) is 77.8 cm³/mol. The molecule has 0 radical (unpaired) electrons. The van der Waals surface area contributed by atoms with Crippen molar-refractivity contribution < 1.29 is 19.8 Å². The SMILES string of the molecule is O=C(Nc1cccc(O)c1)C(=O)N1CCCCC1CCO. The molecule has 1 fully saturated rings. The number of hydrogen-bond acceptors (Lipinski definition) is 4. The molecule has 21 heavy (non-hydrogen) atoms. The second-order valence-corrected chi connectivity index (χ2v) is 5.16. The second-order valence-electron chi connectivity index (χ2n) is 5.16. The molecule has 1 saturated heterocycles. The third kappa shape index (κ3) is 3.95. The molecule has 0 aliphatic carbocycles. The molecular formula is C15H20N2O4. The van der Waals surface area contributed by atoms with E-state index in [4.69, 9.17) is 5.11 Å². The van der Waals surface area contributed by atoms with E-state index in [1.54, 1.807) is 12.1 Å². The van der Waals surface area contributed by atoms with Crippen molar-refractivity contribution in [1.29, 1.82) is 0 Å². The lowest BCUT2D eigenvalue weighted by molar-refractivity contribution is -0.146. The maximum atomic E-state index is 12.2. The van der Waals surface area contributed by atoms with E-state index in [0.29, 0.717) is 18.7 Å². The highest BCUT2D eigenvalue weighted by Crippen LogP contribution is 2.20. The number of carbonyl (C=O) groups is 2. The van der Waals surface area contributed by atoms with Crippen molar-refractivity contribution in [3.8, 4) is 5.75 Å². The summed E-state index contributed by atoms with van der Waals surface area (Å²) in [5.74, 6) is -1.28. The van der Waals surface area contributed by atoms with Gasteiger partial charge in [-0.15, -0.1) is 0 Å². The van der Waals surface area contributed by atoms with Gasteiger partial charge in [0.2, 0.25) is 0 Å². The Labute approximate surface area is 123 Å². The van der Waals surface area contributed by atoms with Crippen LogP contribution in [0, 0.1) is 0 Å². The summed E-state index contributed by atoms with van der Waals surface area (Å²) >= 11 is 0. The minimum absolute atomic E-state index is 0.00260. The molecular weight excluding hydrogens is 272 g/mol. The van der Waals surface area contributed by atoms with Crippen LogP contribution in [0.1, 0.15) is 25.7 Å². The number of phenols is 1. The monoisotopic (exact) mass is 292 g/mol. The van der Waals surface area contributed by atoms with E-state index in [2.05, 4.69) is 5.32 Å². The van der Waals surface area contributed by atoms with Crippen LogP contribution in [-0.4, -0.2) is 46.1 Å². The molecule has 1 aromatic rings. The molecule has 0 bridgehead atoms. The van der Waals surface area contributed by atoms with Crippen molar-refractivity contribution in [2.24, 2.45) is 0 Å². The molecule has 0 spiro atoms. The third-order valence-corrected chi connectivity index (χ3v) is 3.65. The Balaban J connectivity index is 2.02. The summed E-state index contributed by atoms with van der Waals surface area (Å²) in [4.78, 5) is 25.8. The molecule has 1 aliphatic heterocycles. The maximum absolute atomic E-state index is 12.2. The first-order valence-corrected chi connectivity index (χ1v) is 7.13. The number of aliphatic hydroxyl groups excluding tert-OH is 1. The third-order valence-electron chi connectivity index (χ3n) is 3.65. The Morgan fingerprint density at radius 3 is 2.86 bits per heavy atom. The number of anilines is 1. The summed E-state index contributed by atoms with van der Waals surface area (Å²) in [5, 5.41) is 20.9. The number of nitrogens with zero attached hydrogens (tertiary/aromatic N) is 1. The molecule has 2 amide bonds. The van der Waals surface area contributed by atoms with Gasteiger partial charge in [0, 0.05) is 30.9 Å². The minimum Gasteiger partial charge on any atom is -0.508 e. The number of hydrogen-bond donors (Lipinski definition) is 3. The number of amides is 2. The zero-order valence-corrected chi connectivity index (χ0v) is 11.8. The summed E-state index contributed by atoms with van der Waals surface area (Å²) in [5.41, 5.74) is 0.379. The van der Waals surface area contributed by atoms with Gasteiger partial charge < -0.3 is 20.4 Å². The number of nitrogens with one attached hydrogen (secondary N) is 1. The highest BCUT2D eigenvalue weighted by Gasteiger charge is 2.30. The van der Waals surface area contributed by atoms with Crippen molar-refractivity contribution in [3.63, 3.8) is 0 Å². The van der Waals surface area contributed by atoms with E-state index in [-0.39, 0.29) is 18.4 Å². The molecule has 0 aromatic heterocycles. The van der Waals surface area contributed by atoms with Crippen molar-refractivity contribution in [1.82, 2.24) is 4.90 Å². The van der Waals surface area contributed by atoms with Crippen LogP contribution < -0.4 is 5.32 Å². The molecule has 6 heteroatoms. The molecule has 1 aliphatic rings. The van der Waals surface area contributed by atoms with Gasteiger partial charge in [0.05, 0.1) is 0 Å². The molecule has 6 nitrogen and oxygen atoms in total. The van der Waals surface area contributed by atoms with Gasteiger partial charge in [0.25, 0.3) is 0 Å². The zero-order chi connectivity index (χ0) is 15.2. The number of aliphatic hydroxyl groups is 1. The molecule has 1 atom stereocenters. The van der Waals surface area contributed by atoms with Gasteiger partial charge in [-0.05, 0) is 37.8 Å². The highest BCUT2D eigenvalue weighted by atomic mass is 16.3. The number of benzene rings is 1. The largest absolute Gasteiger partial charge is 0.508 e. The number of phenolic OH excluding ortho intramolecular Hbond substituents is 1. The average molecular weight is 292 g/mol. The van der Waals surface area contributed by atoms with Crippen LogP contribution in [0.5, 0.6) is 5.75 Å². The molecule has 1 heterocycles. The fourth-order valence-electron chi connectivity index (χ4n) is 2.62. The Morgan fingerprint density at radius 2 is 2.14 bits per heavy atom. The van der Waals surface area contributed by atoms with E-state index in [9.17, 15) is 14.7 Å². The summed E-state index contributed by atoms with van der Waals surface area (Å²) < 4.78 is 0. The van der Waals surface area contributed by atoms with Gasteiger partial charge in [-0.3, -0.25) is 9.59 Å². The highest BCUT2D eigenvalue weighted by molar-refractivity contribution is 6.39. The quantitative estimate of drug-likeness (QED) is 0.728. The van der Waals surface area contributed by atoms with Crippen LogP contribution in [0.4, 0.5) is 5.69 Å². The summed E-state index contributed by atoms with van der Waals surface area (Å²) in [7, 11) is 0. The van der Waals surface area contributed by atoms with Crippen LogP contribution >= 0.6 is 0 Å². The molecule has 0 saturated carbocycles. The van der Waals surface area contributed by atoms with E-state index >= 15 is 0 Å². The first-order valence-electron chi connectivity index (χ1n) is 7.13. The van der Waals surface area contributed by atoms with Gasteiger partial charge in [-0.25, -0.2) is 0 Å². The summed E-state index contributed by atoms with van der Waals surface area (Å²) in [6.07, 6.45) is 3.17. The Kier molecular flexibility index (Phi) is 5.16. The summed E-state index contributed by atoms with van der Waals surface area (Å²) in [6.45, 7) is 0.541. The molecule has 1 unspecified atom stereocenters. The van der Waals surface area contributed by atoms with Gasteiger partial charge in [0.15, 0.2) is 0 Å². The molecule has 2 rings (SSSR count). The van der Waals surface area contributed by atoms with E-state index in [0.717, 1.165) is 19.3 Å². The Bertz CT molecular complexity index is 516. The fraction of sp³-hybridized carbons (Fsp3) is 0.467. The summed E-state index contributed by atoms with van der Waals surface area (Å²) in [6, 6.07) is 5.98. The first kappa shape index (κ1) is 15.3. The molecule has 1 aromatic carbocycles. The van der Waals surface area contributed by atoms with E-state index < -0.39 is 11.8 Å². The van der Waals surface area contributed by atoms with Gasteiger partial charge in [0.1, 0.15) is 5.75 Å². The number of piperidine rings is 1. The van der Waals surface area contributed by atoms with Gasteiger partial charge >= 0.3 is 11.8 Å². The van der Waals surface area contributed by atoms with Crippen molar-refractivity contribution >= 4 is 17.5 Å². The zero-order valence-electron chi connectivity index (χ0n) is 11.8. The van der Waals surface area contributed by atoms with E-state index in [1.807, 2.05) is 0 Å². The lowest BCUT2D eigenvalue weighted by atomic mass is 9.99. The predicted octanol–water partition coefficient (Wildman–Crippen LogP) is 1.09. The van der Waals surface area contributed by atoms with Gasteiger partial charge in [-0.2, -0.15) is 0 Å². The number of carbonyl (C=O) groups excluding carboxylic acids is 2. The van der Waals surface area contributed by atoms with Crippen molar-refractivity contribution in [2.75, 3.05) is 18.5 Å². The smallest absolute Gasteiger partial charge is 0.313 e. The van der Waals surface area contributed by atoms with Crippen LogP contribution in [0.15, 0.2) is 24.3 Å². The minimum atomic E-state index is -0.717. The van der Waals surface area contributed by atoms with Crippen molar-refractivity contribution in [2.45, 2.75) is 31.7 Å². The Morgan fingerprint density at radius 1 is 1.33 bits per heavy atom. The fourth-order valence-corrected chi connectivity index (χ4v) is 2.62. The Hall–Kier alpha value is -2.08.